The highest BCUT2D eigenvalue weighted by molar-refractivity contribution is 5.78. The van der Waals surface area contributed by atoms with Gasteiger partial charge in [0.05, 0.1) is 5.56 Å². The van der Waals surface area contributed by atoms with Crippen molar-refractivity contribution < 1.29 is 37.3 Å². The first-order valence-corrected chi connectivity index (χ1v) is 10.3. The Morgan fingerprint density at radius 2 is 1.61 bits per heavy atom. The summed E-state index contributed by atoms with van der Waals surface area (Å²) < 4.78 is 48.6. The molecular formula is C23H25F3N2O5. The minimum atomic E-state index is -4.37. The molecule has 0 aliphatic carbocycles. The molecule has 1 fully saturated rings. The van der Waals surface area contributed by atoms with Crippen LogP contribution >= 0.6 is 0 Å². The molecule has 33 heavy (non-hydrogen) atoms. The molecule has 0 saturated carbocycles. The highest BCUT2D eigenvalue weighted by atomic mass is 19.4. The van der Waals surface area contributed by atoms with Crippen LogP contribution in [-0.2, 0) is 26.9 Å². The van der Waals surface area contributed by atoms with Gasteiger partial charge in [0.15, 0.2) is 12.7 Å². The summed E-state index contributed by atoms with van der Waals surface area (Å²) in [5.41, 5.74) is 0.762. The number of ether oxygens (including phenoxy) is 2. The molecule has 1 N–H and O–H groups in total. The maximum absolute atomic E-state index is 12.7. The molecule has 0 spiro atoms. The average Bonchev–Trinajstić information content (AvgIpc) is 2.81. The minimum Gasteiger partial charge on any atom is -0.484 e. The number of nitrogens with zero attached hydrogens (tertiary/aromatic N) is 2. The molecule has 0 bridgehead atoms. The average molecular weight is 466 g/mol. The van der Waals surface area contributed by atoms with Crippen molar-refractivity contribution in [3.8, 4) is 5.75 Å². The number of rotatable bonds is 8. The van der Waals surface area contributed by atoms with Crippen LogP contribution in [0, 0.1) is 0 Å². The zero-order chi connectivity index (χ0) is 24.0. The molecule has 1 amide bonds. The Morgan fingerprint density at radius 1 is 1.00 bits per heavy atom. The first kappa shape index (κ1) is 24.4. The lowest BCUT2D eigenvalue weighted by molar-refractivity contribution is -0.148. The summed E-state index contributed by atoms with van der Waals surface area (Å²) in [6.07, 6.45) is -5.08. The molecule has 1 aliphatic heterocycles. The summed E-state index contributed by atoms with van der Waals surface area (Å²) >= 11 is 0. The summed E-state index contributed by atoms with van der Waals surface area (Å²) in [7, 11) is 1.34. The van der Waals surface area contributed by atoms with Gasteiger partial charge >= 0.3 is 12.1 Å². The quantitative estimate of drug-likeness (QED) is 0.644. The second-order valence-corrected chi connectivity index (χ2v) is 7.61. The van der Waals surface area contributed by atoms with E-state index in [1.807, 2.05) is 4.90 Å². The van der Waals surface area contributed by atoms with Crippen LogP contribution in [0.4, 0.5) is 18.9 Å². The Bertz CT molecular complexity index is 940. The van der Waals surface area contributed by atoms with E-state index in [-0.39, 0.29) is 18.9 Å². The van der Waals surface area contributed by atoms with E-state index < -0.39 is 23.8 Å². The first-order chi connectivity index (χ1) is 15.7. The minimum absolute atomic E-state index is 0.143. The van der Waals surface area contributed by atoms with Gasteiger partial charge in [-0.15, -0.1) is 0 Å². The van der Waals surface area contributed by atoms with E-state index >= 15 is 0 Å². The lowest BCUT2D eigenvalue weighted by Crippen LogP contribution is -2.50. The standard InChI is InChI=1S/C23H25F3N2O5/c1-32-20(22(30)31)14-16-2-8-19(9-3-16)33-15-21(29)28-12-10-27(11-13-28)18-6-4-17(5-7-18)23(24,25)26/h2-9,20H,10-15H2,1H3,(H,30,31)/t20-/m0/s1. The fraction of sp³-hybridized carbons (Fsp3) is 0.391. The zero-order valence-corrected chi connectivity index (χ0v) is 18.0. The van der Waals surface area contributed by atoms with Crippen LogP contribution in [0.1, 0.15) is 11.1 Å². The van der Waals surface area contributed by atoms with Crippen LogP contribution in [0.3, 0.4) is 0 Å². The predicted octanol–water partition coefficient (Wildman–Crippen LogP) is 3.08. The van der Waals surface area contributed by atoms with Gasteiger partial charge in [0.25, 0.3) is 5.91 Å². The summed E-state index contributed by atoms with van der Waals surface area (Å²) in [5, 5.41) is 9.04. The van der Waals surface area contributed by atoms with Crippen LogP contribution in [0.25, 0.3) is 0 Å². The van der Waals surface area contributed by atoms with Crippen molar-refractivity contribution in [3.63, 3.8) is 0 Å². The Balaban J connectivity index is 1.45. The number of hydrogen-bond donors (Lipinski definition) is 1. The molecule has 1 saturated heterocycles. The Hall–Kier alpha value is -3.27. The second kappa shape index (κ2) is 10.6. The Morgan fingerprint density at radius 3 is 2.12 bits per heavy atom. The number of amides is 1. The molecule has 1 atom stereocenters. The van der Waals surface area contributed by atoms with E-state index in [2.05, 4.69) is 0 Å². The van der Waals surface area contributed by atoms with Gasteiger partial charge in [-0.3, -0.25) is 4.79 Å². The molecule has 1 aliphatic rings. The number of alkyl halides is 3. The van der Waals surface area contributed by atoms with Crippen molar-refractivity contribution in [2.75, 3.05) is 44.8 Å². The van der Waals surface area contributed by atoms with Gasteiger partial charge in [-0.25, -0.2) is 4.79 Å². The first-order valence-electron chi connectivity index (χ1n) is 10.3. The van der Waals surface area contributed by atoms with Crippen LogP contribution < -0.4 is 9.64 Å². The number of carbonyl (C=O) groups is 2. The summed E-state index contributed by atoms with van der Waals surface area (Å²) in [6, 6.07) is 11.8. The van der Waals surface area contributed by atoms with E-state index in [0.29, 0.717) is 37.6 Å². The smallest absolute Gasteiger partial charge is 0.416 e. The molecule has 7 nitrogen and oxygen atoms in total. The highest BCUT2D eigenvalue weighted by Gasteiger charge is 2.30. The zero-order valence-electron chi connectivity index (χ0n) is 18.0. The molecule has 10 heteroatoms. The van der Waals surface area contributed by atoms with Gasteiger partial charge in [-0.2, -0.15) is 13.2 Å². The lowest BCUT2D eigenvalue weighted by Gasteiger charge is -2.36. The van der Waals surface area contributed by atoms with Gasteiger partial charge in [-0.05, 0) is 42.0 Å². The number of halogens is 3. The van der Waals surface area contributed by atoms with E-state index in [9.17, 15) is 22.8 Å². The molecule has 2 aromatic carbocycles. The molecule has 178 valence electrons. The van der Waals surface area contributed by atoms with E-state index in [0.717, 1.165) is 17.7 Å². The number of carbonyl (C=O) groups excluding carboxylic acids is 1. The fourth-order valence-corrected chi connectivity index (χ4v) is 3.52. The molecule has 0 aromatic heterocycles. The number of carboxylic acids is 1. The van der Waals surface area contributed by atoms with Crippen molar-refractivity contribution in [1.29, 1.82) is 0 Å². The van der Waals surface area contributed by atoms with Crippen molar-refractivity contribution in [1.82, 2.24) is 4.90 Å². The van der Waals surface area contributed by atoms with Crippen LogP contribution in [0.5, 0.6) is 5.75 Å². The van der Waals surface area contributed by atoms with Crippen LogP contribution in [-0.4, -0.2) is 67.9 Å². The van der Waals surface area contributed by atoms with Gasteiger partial charge in [0, 0.05) is 45.4 Å². The third kappa shape index (κ3) is 6.61. The van der Waals surface area contributed by atoms with Crippen molar-refractivity contribution in [2.45, 2.75) is 18.7 Å². The number of methoxy groups -OCH3 is 1. The predicted molar refractivity (Wildman–Crippen MR) is 114 cm³/mol. The molecule has 0 radical (unpaired) electrons. The van der Waals surface area contributed by atoms with Crippen molar-refractivity contribution in [2.24, 2.45) is 0 Å². The van der Waals surface area contributed by atoms with E-state index in [4.69, 9.17) is 14.6 Å². The molecule has 3 rings (SSSR count). The maximum Gasteiger partial charge on any atom is 0.416 e. The number of hydrogen-bond acceptors (Lipinski definition) is 5. The second-order valence-electron chi connectivity index (χ2n) is 7.61. The number of carboxylic acid groups (broad SMARTS) is 1. The monoisotopic (exact) mass is 466 g/mol. The molecule has 1 heterocycles. The van der Waals surface area contributed by atoms with E-state index in [1.54, 1.807) is 29.2 Å². The molecule has 2 aromatic rings. The number of anilines is 1. The van der Waals surface area contributed by atoms with Gasteiger partial charge in [0.2, 0.25) is 0 Å². The van der Waals surface area contributed by atoms with Gasteiger partial charge < -0.3 is 24.4 Å². The number of benzene rings is 2. The van der Waals surface area contributed by atoms with E-state index in [1.165, 1.54) is 19.2 Å². The summed E-state index contributed by atoms with van der Waals surface area (Å²) in [6.45, 7) is 1.76. The normalized spacial score (nSPS) is 15.3. The Labute approximate surface area is 189 Å². The fourth-order valence-electron chi connectivity index (χ4n) is 3.52. The Kier molecular flexibility index (Phi) is 7.80. The number of piperazine rings is 1. The topological polar surface area (TPSA) is 79.3 Å². The third-order valence-electron chi connectivity index (χ3n) is 5.46. The van der Waals surface area contributed by atoms with Crippen molar-refractivity contribution in [3.05, 3.63) is 59.7 Å². The van der Waals surface area contributed by atoms with Gasteiger partial charge in [-0.1, -0.05) is 12.1 Å². The van der Waals surface area contributed by atoms with Crippen LogP contribution in [0.2, 0.25) is 0 Å². The van der Waals surface area contributed by atoms with Crippen molar-refractivity contribution >= 4 is 17.6 Å². The third-order valence-corrected chi connectivity index (χ3v) is 5.46. The van der Waals surface area contributed by atoms with Gasteiger partial charge in [0.1, 0.15) is 5.75 Å². The van der Waals surface area contributed by atoms with Crippen LogP contribution in [0.15, 0.2) is 48.5 Å². The highest BCUT2D eigenvalue weighted by Crippen LogP contribution is 2.30. The lowest BCUT2D eigenvalue weighted by atomic mass is 10.1. The number of aliphatic carboxylic acids is 1. The largest absolute Gasteiger partial charge is 0.484 e. The molecule has 0 unspecified atom stereocenters. The SMILES string of the molecule is CO[C@@H](Cc1ccc(OCC(=O)N2CCN(c3ccc(C(F)(F)F)cc3)CC2)cc1)C(=O)O. The maximum atomic E-state index is 12.7. The summed E-state index contributed by atoms with van der Waals surface area (Å²) in [5.74, 6) is -0.738. The molecular weight excluding hydrogens is 441 g/mol. The summed E-state index contributed by atoms with van der Waals surface area (Å²) in [4.78, 5) is 27.1.